The summed E-state index contributed by atoms with van der Waals surface area (Å²) < 4.78 is 4.87. The zero-order valence-corrected chi connectivity index (χ0v) is 6.20. The molecule has 11 heavy (non-hydrogen) atoms. The second-order valence-electron chi connectivity index (χ2n) is 2.15. The molecule has 0 fully saturated rings. The lowest BCUT2D eigenvalue weighted by molar-refractivity contribution is -0.136. The highest BCUT2D eigenvalue weighted by molar-refractivity contribution is 5.69. The first-order chi connectivity index (χ1) is 5.24. The molecule has 0 radical (unpaired) electrons. The summed E-state index contributed by atoms with van der Waals surface area (Å²) in [6, 6.07) is 0. The molecule has 0 atom stereocenters. The molecule has 60 valence electrons. The van der Waals surface area contributed by atoms with E-state index < -0.39 is 5.97 Å². The van der Waals surface area contributed by atoms with Crippen molar-refractivity contribution >= 4 is 5.97 Å². The van der Waals surface area contributed by atoms with Crippen molar-refractivity contribution in [1.82, 2.24) is 4.98 Å². The molecule has 0 aliphatic carbocycles. The first kappa shape index (κ1) is 7.78. The highest BCUT2D eigenvalue weighted by Crippen LogP contribution is 2.07. The van der Waals surface area contributed by atoms with Crippen LogP contribution in [0, 0.1) is 0 Å². The number of hydrogen-bond donors (Lipinski definition) is 1. The minimum absolute atomic E-state index is 0.0802. The Morgan fingerprint density at radius 1 is 1.82 bits per heavy atom. The molecule has 0 amide bonds. The van der Waals surface area contributed by atoms with Gasteiger partial charge in [-0.2, -0.15) is 0 Å². The van der Waals surface area contributed by atoms with Crippen LogP contribution in [-0.4, -0.2) is 16.1 Å². The molecule has 1 aromatic rings. The van der Waals surface area contributed by atoms with Crippen molar-refractivity contribution < 1.29 is 14.3 Å². The third-order valence-corrected chi connectivity index (χ3v) is 1.37. The van der Waals surface area contributed by atoms with Gasteiger partial charge in [-0.25, -0.2) is 4.98 Å². The van der Waals surface area contributed by atoms with Crippen molar-refractivity contribution in [3.05, 3.63) is 17.8 Å². The smallest absolute Gasteiger partial charge is 0.311 e. The highest BCUT2D eigenvalue weighted by atomic mass is 16.4. The van der Waals surface area contributed by atoms with Gasteiger partial charge in [-0.3, -0.25) is 4.79 Å². The van der Waals surface area contributed by atoms with Crippen molar-refractivity contribution in [2.24, 2.45) is 0 Å². The molecule has 0 aliphatic rings. The van der Waals surface area contributed by atoms with Crippen LogP contribution in [0.4, 0.5) is 0 Å². The molecule has 0 saturated heterocycles. The average molecular weight is 155 g/mol. The summed E-state index contributed by atoms with van der Waals surface area (Å²) in [7, 11) is 0. The van der Waals surface area contributed by atoms with Crippen molar-refractivity contribution in [2.45, 2.75) is 19.8 Å². The fourth-order valence-electron chi connectivity index (χ4n) is 0.863. The molecule has 0 unspecified atom stereocenters. The summed E-state index contributed by atoms with van der Waals surface area (Å²) in [4.78, 5) is 14.1. The normalized spacial score (nSPS) is 9.91. The van der Waals surface area contributed by atoms with E-state index in [2.05, 4.69) is 4.98 Å². The molecule has 0 aromatic carbocycles. The summed E-state index contributed by atoms with van der Waals surface area (Å²) in [5, 5.41) is 8.42. The maximum Gasteiger partial charge on any atom is 0.311 e. The van der Waals surface area contributed by atoms with Crippen LogP contribution >= 0.6 is 0 Å². The molecule has 0 saturated carbocycles. The summed E-state index contributed by atoms with van der Waals surface area (Å²) >= 11 is 0. The molecule has 0 aliphatic heterocycles. The van der Waals surface area contributed by atoms with E-state index in [-0.39, 0.29) is 6.42 Å². The van der Waals surface area contributed by atoms with Crippen LogP contribution in [0.1, 0.15) is 18.4 Å². The van der Waals surface area contributed by atoms with Gasteiger partial charge in [0.2, 0.25) is 0 Å². The number of carbonyl (C=O) groups is 1. The summed E-state index contributed by atoms with van der Waals surface area (Å²) in [6.07, 6.45) is 1.90. The molecular weight excluding hydrogens is 146 g/mol. The SMILES string of the molecule is CCc1ncoc1CC(=O)O. The number of aromatic nitrogens is 1. The number of oxazole rings is 1. The second-order valence-corrected chi connectivity index (χ2v) is 2.15. The molecule has 0 spiro atoms. The Kier molecular flexibility index (Phi) is 2.25. The van der Waals surface area contributed by atoms with Gasteiger partial charge in [0.05, 0.1) is 5.69 Å². The van der Waals surface area contributed by atoms with Crippen molar-refractivity contribution in [3.63, 3.8) is 0 Å². The molecule has 4 nitrogen and oxygen atoms in total. The topological polar surface area (TPSA) is 63.3 Å². The van der Waals surface area contributed by atoms with Gasteiger partial charge >= 0.3 is 5.97 Å². The van der Waals surface area contributed by atoms with Gasteiger partial charge in [-0.05, 0) is 6.42 Å². The summed E-state index contributed by atoms with van der Waals surface area (Å²) in [5.41, 5.74) is 0.729. The molecule has 1 heterocycles. The first-order valence-corrected chi connectivity index (χ1v) is 3.37. The Hall–Kier alpha value is -1.32. The fourth-order valence-corrected chi connectivity index (χ4v) is 0.863. The maximum absolute atomic E-state index is 10.2. The Balaban J connectivity index is 2.76. The van der Waals surface area contributed by atoms with Gasteiger partial charge in [-0.1, -0.05) is 6.92 Å². The van der Waals surface area contributed by atoms with Crippen molar-refractivity contribution in [1.29, 1.82) is 0 Å². The van der Waals surface area contributed by atoms with E-state index in [4.69, 9.17) is 9.52 Å². The van der Waals surface area contributed by atoms with E-state index in [0.717, 1.165) is 5.69 Å². The number of nitrogens with zero attached hydrogens (tertiary/aromatic N) is 1. The van der Waals surface area contributed by atoms with Crippen LogP contribution in [0.25, 0.3) is 0 Å². The van der Waals surface area contributed by atoms with Gasteiger partial charge < -0.3 is 9.52 Å². The van der Waals surface area contributed by atoms with Crippen LogP contribution in [0.5, 0.6) is 0 Å². The standard InChI is InChI=1S/C7H9NO3/c1-2-5-6(3-7(9)10)11-4-8-5/h4H,2-3H2,1H3,(H,9,10). The van der Waals surface area contributed by atoms with Gasteiger partial charge in [0.1, 0.15) is 12.2 Å². The molecule has 1 N–H and O–H groups in total. The second kappa shape index (κ2) is 3.18. The maximum atomic E-state index is 10.2. The van der Waals surface area contributed by atoms with Crippen LogP contribution in [0.3, 0.4) is 0 Å². The summed E-state index contributed by atoms with van der Waals surface area (Å²) in [5.74, 6) is -0.434. The Bertz CT molecular complexity index is 254. The van der Waals surface area contributed by atoms with Crippen LogP contribution in [-0.2, 0) is 17.6 Å². The summed E-state index contributed by atoms with van der Waals surface area (Å²) in [6.45, 7) is 1.91. The monoisotopic (exact) mass is 155 g/mol. The van der Waals surface area contributed by atoms with Gasteiger partial charge in [0.25, 0.3) is 0 Å². The van der Waals surface area contributed by atoms with Crippen LogP contribution in [0.2, 0.25) is 0 Å². The van der Waals surface area contributed by atoms with Gasteiger partial charge in [-0.15, -0.1) is 0 Å². The zero-order valence-electron chi connectivity index (χ0n) is 6.20. The Labute approximate surface area is 63.9 Å². The molecule has 1 rings (SSSR count). The van der Waals surface area contributed by atoms with E-state index in [1.54, 1.807) is 0 Å². The van der Waals surface area contributed by atoms with Crippen LogP contribution < -0.4 is 0 Å². The lowest BCUT2D eigenvalue weighted by atomic mass is 10.2. The van der Waals surface area contributed by atoms with E-state index in [1.165, 1.54) is 6.39 Å². The number of aliphatic carboxylic acids is 1. The Morgan fingerprint density at radius 3 is 3.09 bits per heavy atom. The van der Waals surface area contributed by atoms with E-state index >= 15 is 0 Å². The van der Waals surface area contributed by atoms with Gasteiger partial charge in [0.15, 0.2) is 6.39 Å². The van der Waals surface area contributed by atoms with Crippen LogP contribution in [0.15, 0.2) is 10.8 Å². The number of aryl methyl sites for hydroxylation is 1. The number of hydrogen-bond acceptors (Lipinski definition) is 3. The number of rotatable bonds is 3. The quantitative estimate of drug-likeness (QED) is 0.703. The third-order valence-electron chi connectivity index (χ3n) is 1.37. The van der Waals surface area contributed by atoms with E-state index in [1.807, 2.05) is 6.92 Å². The zero-order chi connectivity index (χ0) is 8.27. The lowest BCUT2D eigenvalue weighted by Gasteiger charge is -1.91. The predicted molar refractivity (Wildman–Crippen MR) is 37.2 cm³/mol. The van der Waals surface area contributed by atoms with Gasteiger partial charge in [0, 0.05) is 0 Å². The Morgan fingerprint density at radius 2 is 2.55 bits per heavy atom. The largest absolute Gasteiger partial charge is 0.481 e. The number of carboxylic acids is 1. The minimum Gasteiger partial charge on any atom is -0.481 e. The molecule has 0 bridgehead atoms. The molecular formula is C7H9NO3. The fraction of sp³-hybridized carbons (Fsp3) is 0.429. The number of carboxylic acid groups (broad SMARTS) is 1. The lowest BCUT2D eigenvalue weighted by Crippen LogP contribution is -2.01. The molecule has 4 heteroatoms. The van der Waals surface area contributed by atoms with E-state index in [9.17, 15) is 4.79 Å². The third kappa shape index (κ3) is 1.80. The average Bonchev–Trinajstić information content (AvgIpc) is 2.34. The first-order valence-electron chi connectivity index (χ1n) is 3.37. The molecule has 1 aromatic heterocycles. The highest BCUT2D eigenvalue weighted by Gasteiger charge is 2.09. The van der Waals surface area contributed by atoms with E-state index in [0.29, 0.717) is 12.2 Å². The minimum atomic E-state index is -0.892. The van der Waals surface area contributed by atoms with Crippen molar-refractivity contribution in [2.75, 3.05) is 0 Å². The predicted octanol–water partition coefficient (Wildman–Crippen LogP) is 0.864. The van der Waals surface area contributed by atoms with Crippen molar-refractivity contribution in [3.8, 4) is 0 Å².